The van der Waals surface area contributed by atoms with E-state index >= 15 is 0 Å². The number of fused-ring (bicyclic) bond motifs is 5. The summed E-state index contributed by atoms with van der Waals surface area (Å²) in [7, 11) is 0. The van der Waals surface area contributed by atoms with E-state index < -0.39 is 5.97 Å². The maximum atomic E-state index is 12.2. The summed E-state index contributed by atoms with van der Waals surface area (Å²) in [5, 5.41) is 8.86. The summed E-state index contributed by atoms with van der Waals surface area (Å²) in [4.78, 5) is 23.0. The van der Waals surface area contributed by atoms with Crippen LogP contribution in [0.2, 0.25) is 0 Å². The van der Waals surface area contributed by atoms with Crippen molar-refractivity contribution in [1.82, 2.24) is 0 Å². The molecule has 4 aliphatic carbocycles. The largest absolute Gasteiger partial charge is 0.481 e. The fourth-order valence-corrected chi connectivity index (χ4v) is 9.84. The highest BCUT2D eigenvalue weighted by molar-refractivity contribution is 5.76. The van der Waals surface area contributed by atoms with Crippen LogP contribution in [0.4, 0.5) is 0 Å². The molecule has 4 heteroatoms. The molecular weight excluding hydrogens is 460 g/mol. The van der Waals surface area contributed by atoms with Gasteiger partial charge in [0, 0.05) is 6.42 Å². The highest BCUT2D eigenvalue weighted by atomic mass is 16.5. The number of hydrogen-bond donors (Lipinski definition) is 1. The third-order valence-corrected chi connectivity index (χ3v) is 12.1. The molecule has 0 heterocycles. The summed E-state index contributed by atoms with van der Waals surface area (Å²) < 4.78 is 5.72. The number of ether oxygens (including phenoxy) is 1. The van der Waals surface area contributed by atoms with Gasteiger partial charge in [0.05, 0.1) is 12.8 Å². The van der Waals surface area contributed by atoms with E-state index in [0.29, 0.717) is 5.41 Å². The van der Waals surface area contributed by atoms with Crippen LogP contribution in [0.1, 0.15) is 125 Å². The molecule has 0 aromatic rings. The Balaban J connectivity index is 1.40. The standard InChI is InChI=1S/C33H54O4/c1-7-23(21(2)3)9-8-22(4)27-12-13-28-26-11-10-24-20-25(37-31(36)15-14-30(34)35)16-18-32(24,5)29(26)17-19-33(27,28)6/h10,21-23,25-29H,7-9,11-20H2,1-6H3,(H,34,35). The summed E-state index contributed by atoms with van der Waals surface area (Å²) in [6.07, 6.45) is 16.0. The fraction of sp³-hybridized carbons (Fsp3) is 0.879. The second-order valence-corrected chi connectivity index (χ2v) is 14.2. The predicted octanol–water partition coefficient (Wildman–Crippen LogP) is 8.44. The van der Waals surface area contributed by atoms with Crippen molar-refractivity contribution >= 4 is 11.9 Å². The lowest BCUT2D eigenvalue weighted by atomic mass is 9.47. The molecule has 3 fully saturated rings. The second kappa shape index (κ2) is 11.4. The van der Waals surface area contributed by atoms with E-state index in [1.807, 2.05) is 0 Å². The molecule has 4 rings (SSSR count). The first-order valence-electron chi connectivity index (χ1n) is 15.6. The third kappa shape index (κ3) is 5.69. The third-order valence-electron chi connectivity index (χ3n) is 12.1. The summed E-state index contributed by atoms with van der Waals surface area (Å²) in [6, 6.07) is 0. The fourth-order valence-electron chi connectivity index (χ4n) is 9.84. The Morgan fingerprint density at radius 3 is 2.46 bits per heavy atom. The molecule has 9 atom stereocenters. The van der Waals surface area contributed by atoms with Crippen LogP contribution in [0.15, 0.2) is 11.6 Å². The highest BCUT2D eigenvalue weighted by Crippen LogP contribution is 2.67. The zero-order chi connectivity index (χ0) is 27.0. The number of esters is 1. The molecule has 0 aliphatic heterocycles. The summed E-state index contributed by atoms with van der Waals surface area (Å²) in [5.41, 5.74) is 2.25. The number of rotatable bonds is 10. The second-order valence-electron chi connectivity index (χ2n) is 14.2. The van der Waals surface area contributed by atoms with Gasteiger partial charge >= 0.3 is 11.9 Å². The van der Waals surface area contributed by atoms with Crippen molar-refractivity contribution in [3.63, 3.8) is 0 Å². The SMILES string of the molecule is CCC(CCC(C)C1CCC2C3CC=C4CC(OC(=O)CCC(=O)O)CCC4(C)C3CCC12C)C(C)C. The summed E-state index contributed by atoms with van der Waals surface area (Å²) in [5.74, 6) is 4.49. The number of carbonyl (C=O) groups excluding carboxylic acids is 1. The monoisotopic (exact) mass is 514 g/mol. The van der Waals surface area contributed by atoms with E-state index in [0.717, 1.165) is 60.7 Å². The highest BCUT2D eigenvalue weighted by Gasteiger charge is 2.59. The number of carboxylic acids is 1. The minimum absolute atomic E-state index is 0.0245. The van der Waals surface area contributed by atoms with Gasteiger partial charge in [-0.2, -0.15) is 0 Å². The van der Waals surface area contributed by atoms with Crippen molar-refractivity contribution in [1.29, 1.82) is 0 Å². The van der Waals surface area contributed by atoms with Crippen LogP contribution in [0.3, 0.4) is 0 Å². The van der Waals surface area contributed by atoms with Gasteiger partial charge in [0.2, 0.25) is 0 Å². The van der Waals surface area contributed by atoms with Gasteiger partial charge in [-0.1, -0.05) is 66.0 Å². The first-order chi connectivity index (χ1) is 17.5. The van der Waals surface area contributed by atoms with Gasteiger partial charge in [-0.25, -0.2) is 0 Å². The van der Waals surface area contributed by atoms with Crippen molar-refractivity contribution in [3.05, 3.63) is 11.6 Å². The average Bonchev–Trinajstić information content (AvgIpc) is 3.20. The van der Waals surface area contributed by atoms with Crippen LogP contribution in [0, 0.1) is 52.3 Å². The molecule has 37 heavy (non-hydrogen) atoms. The Morgan fingerprint density at radius 1 is 1.03 bits per heavy atom. The van der Waals surface area contributed by atoms with Gasteiger partial charge in [-0.15, -0.1) is 0 Å². The molecule has 4 nitrogen and oxygen atoms in total. The smallest absolute Gasteiger partial charge is 0.306 e. The predicted molar refractivity (Wildman–Crippen MR) is 149 cm³/mol. The maximum Gasteiger partial charge on any atom is 0.306 e. The molecule has 210 valence electrons. The Morgan fingerprint density at radius 2 is 1.78 bits per heavy atom. The summed E-state index contributed by atoms with van der Waals surface area (Å²) >= 11 is 0. The van der Waals surface area contributed by atoms with Gasteiger partial charge < -0.3 is 9.84 Å². The molecule has 0 bridgehead atoms. The van der Waals surface area contributed by atoms with Crippen molar-refractivity contribution in [2.75, 3.05) is 0 Å². The van der Waals surface area contributed by atoms with Crippen LogP contribution < -0.4 is 0 Å². The van der Waals surface area contributed by atoms with Crippen LogP contribution in [0.25, 0.3) is 0 Å². The van der Waals surface area contributed by atoms with Crippen molar-refractivity contribution < 1.29 is 19.4 Å². The van der Waals surface area contributed by atoms with E-state index in [1.165, 1.54) is 56.9 Å². The van der Waals surface area contributed by atoms with Crippen LogP contribution in [0.5, 0.6) is 0 Å². The Bertz CT molecular complexity index is 860. The number of carboxylic acid groups (broad SMARTS) is 1. The van der Waals surface area contributed by atoms with Crippen molar-refractivity contribution in [3.8, 4) is 0 Å². The van der Waals surface area contributed by atoms with Crippen LogP contribution in [-0.4, -0.2) is 23.1 Å². The Hall–Kier alpha value is -1.32. The molecule has 0 saturated heterocycles. The number of aliphatic carboxylic acids is 1. The zero-order valence-corrected chi connectivity index (χ0v) is 24.6. The van der Waals surface area contributed by atoms with Gasteiger partial charge in [-0.05, 0) is 104 Å². The molecule has 0 amide bonds. The molecule has 0 aromatic heterocycles. The minimum atomic E-state index is -0.942. The molecule has 0 spiro atoms. The molecule has 4 aliphatic rings. The van der Waals surface area contributed by atoms with E-state index in [-0.39, 0.29) is 30.3 Å². The van der Waals surface area contributed by atoms with E-state index in [4.69, 9.17) is 9.84 Å². The average molecular weight is 515 g/mol. The minimum Gasteiger partial charge on any atom is -0.481 e. The lowest BCUT2D eigenvalue weighted by Gasteiger charge is -2.58. The number of allylic oxidation sites excluding steroid dienone is 1. The molecule has 3 saturated carbocycles. The van der Waals surface area contributed by atoms with Gasteiger partial charge in [-0.3, -0.25) is 9.59 Å². The van der Waals surface area contributed by atoms with E-state index in [1.54, 1.807) is 0 Å². The Kier molecular flexibility index (Phi) is 8.86. The van der Waals surface area contributed by atoms with Gasteiger partial charge in [0.1, 0.15) is 6.10 Å². The molecule has 1 N–H and O–H groups in total. The maximum absolute atomic E-state index is 12.2. The van der Waals surface area contributed by atoms with Crippen LogP contribution in [-0.2, 0) is 14.3 Å². The molecule has 9 unspecified atom stereocenters. The zero-order valence-electron chi connectivity index (χ0n) is 24.6. The Labute approximate surface area is 226 Å². The topological polar surface area (TPSA) is 63.6 Å². The van der Waals surface area contributed by atoms with E-state index in [2.05, 4.69) is 47.6 Å². The number of carbonyl (C=O) groups is 2. The first kappa shape index (κ1) is 28.7. The van der Waals surface area contributed by atoms with Gasteiger partial charge in [0.15, 0.2) is 0 Å². The van der Waals surface area contributed by atoms with Crippen molar-refractivity contribution in [2.24, 2.45) is 52.3 Å². The number of hydrogen-bond acceptors (Lipinski definition) is 3. The molecular formula is C33H54O4. The van der Waals surface area contributed by atoms with Gasteiger partial charge in [0.25, 0.3) is 0 Å². The lowest BCUT2D eigenvalue weighted by Crippen LogP contribution is -2.51. The quantitative estimate of drug-likeness (QED) is 0.235. The van der Waals surface area contributed by atoms with Crippen LogP contribution >= 0.6 is 0 Å². The molecule has 0 radical (unpaired) electrons. The van der Waals surface area contributed by atoms with E-state index in [9.17, 15) is 9.59 Å². The normalized spacial score (nSPS) is 38.7. The first-order valence-corrected chi connectivity index (χ1v) is 15.6. The summed E-state index contributed by atoms with van der Waals surface area (Å²) in [6.45, 7) is 14.9. The van der Waals surface area contributed by atoms with Crippen molar-refractivity contribution in [2.45, 2.75) is 131 Å². The lowest BCUT2D eigenvalue weighted by molar-refractivity contribution is -0.154. The molecule has 0 aromatic carbocycles.